The third-order valence-corrected chi connectivity index (χ3v) is 3.88. The van der Waals surface area contributed by atoms with Crippen molar-refractivity contribution in [3.63, 3.8) is 0 Å². The molecule has 0 radical (unpaired) electrons. The Labute approximate surface area is 138 Å². The maximum atomic E-state index is 12.2. The number of aromatic amines is 1. The maximum Gasteiger partial charge on any atom is 0.271 e. The summed E-state index contributed by atoms with van der Waals surface area (Å²) in [4.78, 5) is 19.3. The van der Waals surface area contributed by atoms with E-state index in [9.17, 15) is 4.79 Å². The maximum absolute atomic E-state index is 12.2. The van der Waals surface area contributed by atoms with E-state index in [1.807, 2.05) is 42.5 Å². The Morgan fingerprint density at radius 1 is 1.08 bits per heavy atom. The summed E-state index contributed by atoms with van der Waals surface area (Å²) < 4.78 is 0. The summed E-state index contributed by atoms with van der Waals surface area (Å²) in [5.74, 6) is -0.261. The van der Waals surface area contributed by atoms with Crippen molar-refractivity contribution < 1.29 is 4.79 Å². The van der Waals surface area contributed by atoms with Gasteiger partial charge in [-0.05, 0) is 29.0 Å². The molecule has 0 unspecified atom stereocenters. The Morgan fingerprint density at radius 3 is 2.92 bits per heavy atom. The highest BCUT2D eigenvalue weighted by Gasteiger charge is 2.06. The second kappa shape index (κ2) is 5.96. The van der Waals surface area contributed by atoms with Gasteiger partial charge in [-0.2, -0.15) is 5.10 Å². The van der Waals surface area contributed by atoms with E-state index in [2.05, 4.69) is 20.5 Å². The van der Waals surface area contributed by atoms with Gasteiger partial charge >= 0.3 is 0 Å². The number of imidazole rings is 1. The lowest BCUT2D eigenvalue weighted by atomic mass is 10.1. The van der Waals surface area contributed by atoms with Crippen molar-refractivity contribution in [1.82, 2.24) is 15.4 Å². The van der Waals surface area contributed by atoms with Crippen LogP contribution in [0.2, 0.25) is 0 Å². The molecule has 5 heteroatoms. The molecule has 4 rings (SSSR count). The fourth-order valence-electron chi connectivity index (χ4n) is 2.66. The predicted molar refractivity (Wildman–Crippen MR) is 95.1 cm³/mol. The van der Waals surface area contributed by atoms with Gasteiger partial charge in [-0.15, -0.1) is 0 Å². The van der Waals surface area contributed by atoms with Crippen LogP contribution in [0.4, 0.5) is 0 Å². The number of fused-ring (bicyclic) bond motifs is 2. The number of rotatable bonds is 3. The third-order valence-electron chi connectivity index (χ3n) is 3.88. The van der Waals surface area contributed by atoms with Gasteiger partial charge in [0.15, 0.2) is 0 Å². The average molecular weight is 314 g/mol. The zero-order chi connectivity index (χ0) is 16.4. The molecular weight excluding hydrogens is 300 g/mol. The summed E-state index contributed by atoms with van der Waals surface area (Å²) in [7, 11) is 0. The van der Waals surface area contributed by atoms with Gasteiger partial charge in [0.2, 0.25) is 0 Å². The molecule has 2 N–H and O–H groups in total. The summed E-state index contributed by atoms with van der Waals surface area (Å²) in [6.07, 6.45) is 3.26. The van der Waals surface area contributed by atoms with Gasteiger partial charge in [0, 0.05) is 11.1 Å². The Morgan fingerprint density at radius 2 is 1.96 bits per heavy atom. The zero-order valence-electron chi connectivity index (χ0n) is 12.7. The summed E-state index contributed by atoms with van der Waals surface area (Å²) >= 11 is 0. The molecular formula is C19H14N4O. The number of carbonyl (C=O) groups excluding carboxylic acids is 1. The molecule has 4 aromatic rings. The highest BCUT2D eigenvalue weighted by atomic mass is 16.2. The number of nitrogens with zero attached hydrogens (tertiary/aromatic N) is 2. The number of carbonyl (C=O) groups is 1. The number of hydrogen-bond acceptors (Lipinski definition) is 3. The lowest BCUT2D eigenvalue weighted by Gasteiger charge is -2.02. The summed E-state index contributed by atoms with van der Waals surface area (Å²) in [6, 6.07) is 19.3. The van der Waals surface area contributed by atoms with Gasteiger partial charge in [0.05, 0.1) is 23.6 Å². The zero-order valence-corrected chi connectivity index (χ0v) is 12.7. The van der Waals surface area contributed by atoms with Crippen LogP contribution in [0, 0.1) is 0 Å². The second-order valence-corrected chi connectivity index (χ2v) is 5.40. The van der Waals surface area contributed by atoms with Crippen LogP contribution in [0.25, 0.3) is 21.8 Å². The first kappa shape index (κ1) is 14.1. The third kappa shape index (κ3) is 2.63. The Kier molecular flexibility index (Phi) is 3.51. The van der Waals surface area contributed by atoms with Crippen LogP contribution in [0.5, 0.6) is 0 Å². The first-order valence-electron chi connectivity index (χ1n) is 7.55. The minimum absolute atomic E-state index is 0.261. The lowest BCUT2D eigenvalue weighted by molar-refractivity contribution is 0.0955. The molecule has 1 aromatic heterocycles. The van der Waals surface area contributed by atoms with E-state index in [4.69, 9.17) is 0 Å². The molecule has 0 spiro atoms. The van der Waals surface area contributed by atoms with Crippen LogP contribution in [0.15, 0.2) is 72.1 Å². The number of benzene rings is 3. The van der Waals surface area contributed by atoms with Crippen molar-refractivity contribution in [2.75, 3.05) is 0 Å². The van der Waals surface area contributed by atoms with E-state index in [1.165, 1.54) is 0 Å². The normalized spacial score (nSPS) is 11.3. The highest BCUT2D eigenvalue weighted by Crippen LogP contribution is 2.16. The van der Waals surface area contributed by atoms with E-state index in [0.717, 1.165) is 27.4 Å². The smallest absolute Gasteiger partial charge is 0.271 e. The first-order chi connectivity index (χ1) is 11.8. The van der Waals surface area contributed by atoms with Gasteiger partial charge in [-0.1, -0.05) is 42.5 Å². The topological polar surface area (TPSA) is 70.1 Å². The van der Waals surface area contributed by atoms with Gasteiger partial charge < -0.3 is 4.98 Å². The monoisotopic (exact) mass is 314 g/mol. The molecule has 0 bridgehead atoms. The lowest BCUT2D eigenvalue weighted by Crippen LogP contribution is -2.17. The van der Waals surface area contributed by atoms with E-state index in [-0.39, 0.29) is 5.91 Å². The Balaban J connectivity index is 1.54. The molecule has 0 aliphatic rings. The van der Waals surface area contributed by atoms with Crippen LogP contribution < -0.4 is 5.43 Å². The molecule has 5 nitrogen and oxygen atoms in total. The average Bonchev–Trinajstić information content (AvgIpc) is 3.09. The molecule has 1 heterocycles. The number of hydrogen-bond donors (Lipinski definition) is 2. The summed E-state index contributed by atoms with van der Waals surface area (Å²) in [5, 5.41) is 6.32. The molecule has 0 saturated heterocycles. The number of nitrogens with one attached hydrogen (secondary N) is 2. The van der Waals surface area contributed by atoms with Crippen molar-refractivity contribution >= 4 is 33.9 Å². The summed E-state index contributed by atoms with van der Waals surface area (Å²) in [6.45, 7) is 0. The van der Waals surface area contributed by atoms with Crippen LogP contribution in [0.3, 0.4) is 0 Å². The van der Waals surface area contributed by atoms with Crippen LogP contribution in [-0.2, 0) is 0 Å². The predicted octanol–water partition coefficient (Wildman–Crippen LogP) is 3.48. The Bertz CT molecular complexity index is 1060. The SMILES string of the molecule is O=C(NN=Cc1cccc2ccccc12)c1ccc2nc[nH]c2c1. The molecule has 1 amide bonds. The van der Waals surface area contributed by atoms with Crippen LogP contribution in [0.1, 0.15) is 15.9 Å². The first-order valence-corrected chi connectivity index (χ1v) is 7.55. The minimum Gasteiger partial charge on any atom is -0.345 e. The largest absolute Gasteiger partial charge is 0.345 e. The molecule has 0 atom stereocenters. The molecule has 116 valence electrons. The van der Waals surface area contributed by atoms with Crippen molar-refractivity contribution in [3.05, 3.63) is 78.1 Å². The molecule has 0 fully saturated rings. The van der Waals surface area contributed by atoms with E-state index in [0.29, 0.717) is 5.56 Å². The van der Waals surface area contributed by atoms with Gasteiger partial charge in [0.1, 0.15) is 0 Å². The number of H-pyrrole nitrogens is 1. The molecule has 0 aliphatic carbocycles. The van der Waals surface area contributed by atoms with Crippen molar-refractivity contribution in [1.29, 1.82) is 0 Å². The quantitative estimate of drug-likeness (QED) is 0.449. The van der Waals surface area contributed by atoms with E-state index in [1.54, 1.807) is 30.7 Å². The van der Waals surface area contributed by atoms with Crippen molar-refractivity contribution in [2.45, 2.75) is 0 Å². The van der Waals surface area contributed by atoms with Gasteiger partial charge in [0.25, 0.3) is 5.91 Å². The molecule has 0 aliphatic heterocycles. The van der Waals surface area contributed by atoms with Crippen LogP contribution >= 0.6 is 0 Å². The minimum atomic E-state index is -0.261. The summed E-state index contributed by atoms with van der Waals surface area (Å²) in [5.41, 5.74) is 5.70. The number of amides is 1. The van der Waals surface area contributed by atoms with Crippen molar-refractivity contribution in [2.24, 2.45) is 5.10 Å². The van der Waals surface area contributed by atoms with Gasteiger partial charge in [-0.25, -0.2) is 10.4 Å². The van der Waals surface area contributed by atoms with E-state index < -0.39 is 0 Å². The fraction of sp³-hybridized carbons (Fsp3) is 0. The number of aromatic nitrogens is 2. The molecule has 24 heavy (non-hydrogen) atoms. The molecule has 3 aromatic carbocycles. The Hall–Kier alpha value is -3.47. The molecule has 0 saturated carbocycles. The standard InChI is InChI=1S/C19H14N4O/c24-19(14-8-9-17-18(10-14)21-12-20-17)23-22-11-15-6-3-5-13-4-1-2-7-16(13)15/h1-12H,(H,20,21)(H,23,24). The second-order valence-electron chi connectivity index (χ2n) is 5.40. The van der Waals surface area contributed by atoms with Crippen molar-refractivity contribution in [3.8, 4) is 0 Å². The van der Waals surface area contributed by atoms with E-state index >= 15 is 0 Å². The number of hydrazone groups is 1. The highest BCUT2D eigenvalue weighted by molar-refractivity contribution is 6.01. The van der Waals surface area contributed by atoms with Crippen LogP contribution in [-0.4, -0.2) is 22.1 Å². The fourth-order valence-corrected chi connectivity index (χ4v) is 2.66. The van der Waals surface area contributed by atoms with Gasteiger partial charge in [-0.3, -0.25) is 4.79 Å².